The lowest BCUT2D eigenvalue weighted by molar-refractivity contribution is -0.122. The normalized spacial score (nSPS) is 12.2. The van der Waals surface area contributed by atoms with Crippen molar-refractivity contribution in [1.82, 2.24) is 24.6 Å². The summed E-state index contributed by atoms with van der Waals surface area (Å²) < 4.78 is 2.91. The summed E-state index contributed by atoms with van der Waals surface area (Å²) in [5, 5.41) is 7.47. The maximum absolute atomic E-state index is 12.6. The highest BCUT2D eigenvalue weighted by Gasteiger charge is 2.13. The van der Waals surface area contributed by atoms with Crippen molar-refractivity contribution in [3.63, 3.8) is 0 Å². The molecule has 0 fully saturated rings. The number of carbonyl (C=O) groups excluding carboxylic acids is 1. The molecule has 0 aliphatic rings. The molecule has 24 heavy (non-hydrogen) atoms. The Balaban J connectivity index is 1.93. The second-order valence-corrected chi connectivity index (χ2v) is 5.68. The highest BCUT2D eigenvalue weighted by atomic mass is 16.2. The first-order valence-corrected chi connectivity index (χ1v) is 7.88. The number of para-hydroxylation sites is 1. The molecule has 0 radical (unpaired) electrons. The summed E-state index contributed by atoms with van der Waals surface area (Å²) in [5.74, 6) is -0.206. The van der Waals surface area contributed by atoms with E-state index in [0.29, 0.717) is 11.0 Å². The average molecular weight is 325 g/mol. The molecule has 2 heterocycles. The number of rotatable bonds is 5. The summed E-state index contributed by atoms with van der Waals surface area (Å²) in [6.07, 6.45) is 3.71. The fraction of sp³-hybridized carbons (Fsp3) is 0.294. The van der Waals surface area contributed by atoms with Gasteiger partial charge in [-0.25, -0.2) is 9.67 Å². The number of nitrogens with zero attached hydrogens (tertiary/aromatic N) is 4. The molecule has 124 valence electrons. The topological polar surface area (TPSA) is 81.8 Å². The molecule has 2 aromatic heterocycles. The van der Waals surface area contributed by atoms with Gasteiger partial charge in [-0.15, -0.1) is 0 Å². The Morgan fingerprint density at radius 2 is 2.04 bits per heavy atom. The van der Waals surface area contributed by atoms with Gasteiger partial charge in [0.25, 0.3) is 5.56 Å². The number of carbonyl (C=O) groups is 1. The van der Waals surface area contributed by atoms with E-state index in [0.717, 1.165) is 12.1 Å². The van der Waals surface area contributed by atoms with Crippen LogP contribution in [0.3, 0.4) is 0 Å². The van der Waals surface area contributed by atoms with Crippen molar-refractivity contribution in [2.45, 2.75) is 32.9 Å². The van der Waals surface area contributed by atoms with Crippen LogP contribution in [0.1, 0.15) is 20.3 Å². The van der Waals surface area contributed by atoms with Crippen molar-refractivity contribution < 1.29 is 4.79 Å². The number of hydrogen-bond acceptors (Lipinski definition) is 4. The van der Waals surface area contributed by atoms with Gasteiger partial charge in [-0.3, -0.25) is 14.2 Å². The number of nitrogens with one attached hydrogen (secondary N) is 1. The average Bonchev–Trinajstić information content (AvgIpc) is 3.03. The number of fused-ring (bicyclic) bond motifs is 1. The van der Waals surface area contributed by atoms with Crippen molar-refractivity contribution in [3.8, 4) is 5.69 Å². The molecule has 0 bridgehead atoms. The van der Waals surface area contributed by atoms with E-state index in [1.807, 2.05) is 44.2 Å². The first-order valence-electron chi connectivity index (χ1n) is 7.88. The van der Waals surface area contributed by atoms with Gasteiger partial charge in [0.2, 0.25) is 5.91 Å². The van der Waals surface area contributed by atoms with Crippen LogP contribution in [0, 0.1) is 0 Å². The molecule has 3 aromatic rings. The summed E-state index contributed by atoms with van der Waals surface area (Å²) in [4.78, 5) is 28.8. The van der Waals surface area contributed by atoms with E-state index >= 15 is 0 Å². The van der Waals surface area contributed by atoms with E-state index in [4.69, 9.17) is 0 Å². The predicted molar refractivity (Wildman–Crippen MR) is 91.0 cm³/mol. The van der Waals surface area contributed by atoms with Crippen molar-refractivity contribution >= 4 is 16.9 Å². The predicted octanol–water partition coefficient (Wildman–Crippen LogP) is 1.50. The third-order valence-electron chi connectivity index (χ3n) is 3.89. The molecule has 1 atom stereocenters. The quantitative estimate of drug-likeness (QED) is 0.771. The van der Waals surface area contributed by atoms with Gasteiger partial charge in [-0.05, 0) is 25.5 Å². The second-order valence-electron chi connectivity index (χ2n) is 5.68. The highest BCUT2D eigenvalue weighted by Crippen LogP contribution is 2.12. The molecule has 7 nitrogen and oxygen atoms in total. The Morgan fingerprint density at radius 3 is 2.75 bits per heavy atom. The molecular weight excluding hydrogens is 306 g/mol. The Labute approximate surface area is 138 Å². The van der Waals surface area contributed by atoms with Crippen LogP contribution in [0.4, 0.5) is 0 Å². The minimum absolute atomic E-state index is 0.0529. The van der Waals surface area contributed by atoms with Crippen molar-refractivity contribution in [2.24, 2.45) is 0 Å². The number of hydrogen-bond donors (Lipinski definition) is 1. The zero-order valence-corrected chi connectivity index (χ0v) is 13.6. The van der Waals surface area contributed by atoms with E-state index in [-0.39, 0.29) is 24.1 Å². The SMILES string of the molecule is CC[C@@H](C)NC(=O)Cn1cnc2c(cnn2-c2ccccc2)c1=O. The van der Waals surface area contributed by atoms with Crippen LogP contribution in [0.2, 0.25) is 0 Å². The Kier molecular flexibility index (Phi) is 4.41. The van der Waals surface area contributed by atoms with Gasteiger partial charge < -0.3 is 5.32 Å². The van der Waals surface area contributed by atoms with Crippen LogP contribution >= 0.6 is 0 Å². The van der Waals surface area contributed by atoms with Gasteiger partial charge >= 0.3 is 0 Å². The second kappa shape index (κ2) is 6.66. The van der Waals surface area contributed by atoms with E-state index in [1.54, 1.807) is 4.68 Å². The number of amides is 1. The van der Waals surface area contributed by atoms with Gasteiger partial charge in [0.15, 0.2) is 5.65 Å². The molecular formula is C17H19N5O2. The van der Waals surface area contributed by atoms with Crippen molar-refractivity contribution in [3.05, 3.63) is 53.2 Å². The largest absolute Gasteiger partial charge is 0.352 e. The monoisotopic (exact) mass is 325 g/mol. The molecule has 0 spiro atoms. The van der Waals surface area contributed by atoms with Gasteiger partial charge in [-0.2, -0.15) is 5.10 Å². The Morgan fingerprint density at radius 1 is 1.29 bits per heavy atom. The number of benzene rings is 1. The van der Waals surface area contributed by atoms with Crippen molar-refractivity contribution in [2.75, 3.05) is 0 Å². The summed E-state index contributed by atoms with van der Waals surface area (Å²) in [6.45, 7) is 3.86. The molecule has 0 aliphatic carbocycles. The van der Waals surface area contributed by atoms with E-state index in [9.17, 15) is 9.59 Å². The smallest absolute Gasteiger partial charge is 0.264 e. The summed E-state index contributed by atoms with van der Waals surface area (Å²) >= 11 is 0. The molecule has 1 N–H and O–H groups in total. The summed E-state index contributed by atoms with van der Waals surface area (Å²) in [5.41, 5.74) is 1.03. The standard InChI is InChI=1S/C17H19N5O2/c1-3-12(2)20-15(23)10-21-11-18-16-14(17(21)24)9-19-22(16)13-7-5-4-6-8-13/h4-9,11-12H,3,10H2,1-2H3,(H,20,23)/t12-/m1/s1. The van der Waals surface area contributed by atoms with Gasteiger partial charge in [0.1, 0.15) is 18.3 Å². The molecule has 3 rings (SSSR count). The van der Waals surface area contributed by atoms with Gasteiger partial charge in [-0.1, -0.05) is 25.1 Å². The minimum atomic E-state index is -0.276. The maximum atomic E-state index is 12.6. The molecule has 0 unspecified atom stereocenters. The third kappa shape index (κ3) is 3.05. The molecule has 0 aliphatic heterocycles. The van der Waals surface area contributed by atoms with Crippen LogP contribution in [0.25, 0.3) is 16.7 Å². The maximum Gasteiger partial charge on any atom is 0.264 e. The minimum Gasteiger partial charge on any atom is -0.352 e. The molecule has 0 saturated heterocycles. The third-order valence-corrected chi connectivity index (χ3v) is 3.89. The van der Waals surface area contributed by atoms with Crippen LogP contribution in [-0.2, 0) is 11.3 Å². The Hall–Kier alpha value is -2.96. The van der Waals surface area contributed by atoms with Crippen LogP contribution in [0.5, 0.6) is 0 Å². The molecule has 1 aromatic carbocycles. The zero-order chi connectivity index (χ0) is 17.1. The fourth-order valence-corrected chi connectivity index (χ4v) is 2.40. The molecule has 1 amide bonds. The Bertz CT molecular complexity index is 914. The highest BCUT2D eigenvalue weighted by molar-refractivity contribution is 5.78. The van der Waals surface area contributed by atoms with Gasteiger partial charge in [0, 0.05) is 6.04 Å². The van der Waals surface area contributed by atoms with E-state index < -0.39 is 0 Å². The van der Waals surface area contributed by atoms with Crippen LogP contribution < -0.4 is 10.9 Å². The van der Waals surface area contributed by atoms with Gasteiger partial charge in [0.05, 0.1) is 11.9 Å². The zero-order valence-electron chi connectivity index (χ0n) is 13.6. The number of aromatic nitrogens is 4. The lowest BCUT2D eigenvalue weighted by Crippen LogP contribution is -2.37. The summed E-state index contributed by atoms with van der Waals surface area (Å²) in [7, 11) is 0. The van der Waals surface area contributed by atoms with Crippen LogP contribution in [0.15, 0.2) is 47.7 Å². The molecule has 7 heteroatoms. The first kappa shape index (κ1) is 15.9. The van der Waals surface area contributed by atoms with Crippen molar-refractivity contribution in [1.29, 1.82) is 0 Å². The van der Waals surface area contributed by atoms with Crippen LogP contribution in [-0.4, -0.2) is 31.3 Å². The first-order chi connectivity index (χ1) is 11.6. The lowest BCUT2D eigenvalue weighted by Gasteiger charge is -2.12. The fourth-order valence-electron chi connectivity index (χ4n) is 2.40. The molecule has 0 saturated carbocycles. The summed E-state index contributed by atoms with van der Waals surface area (Å²) in [6, 6.07) is 9.54. The lowest BCUT2D eigenvalue weighted by atomic mass is 10.2. The van der Waals surface area contributed by atoms with E-state index in [1.165, 1.54) is 17.1 Å². The van der Waals surface area contributed by atoms with E-state index in [2.05, 4.69) is 15.4 Å².